The molecule has 20 aromatic rings. The van der Waals surface area contributed by atoms with E-state index in [9.17, 15) is 0 Å². The van der Waals surface area contributed by atoms with Crippen molar-refractivity contribution in [3.63, 3.8) is 0 Å². The average Bonchev–Trinajstić information content (AvgIpc) is 1.57. The molecule has 8 nitrogen and oxygen atoms in total. The zero-order valence-electron chi connectivity index (χ0n) is 51.3. The lowest BCUT2D eigenvalue weighted by molar-refractivity contribution is 0.954. The second-order valence-corrected chi connectivity index (χ2v) is 24.8. The fourth-order valence-electron chi connectivity index (χ4n) is 15.2. The molecule has 6 heterocycles. The van der Waals surface area contributed by atoms with E-state index in [-0.39, 0.29) is 0 Å². The van der Waals surface area contributed by atoms with Crippen LogP contribution in [0.3, 0.4) is 0 Å². The van der Waals surface area contributed by atoms with Gasteiger partial charge in [0, 0.05) is 87.7 Å². The third-order valence-corrected chi connectivity index (χ3v) is 19.5. The van der Waals surface area contributed by atoms with Crippen molar-refractivity contribution in [2.24, 2.45) is 0 Å². The molecule has 0 saturated heterocycles. The molecular formula is C87H54N8. The molecule has 0 saturated carbocycles. The number of nitrogens with zero attached hydrogens (tertiary/aromatic N) is 8. The molecule has 442 valence electrons. The first kappa shape index (κ1) is 52.8. The van der Waals surface area contributed by atoms with Gasteiger partial charge in [0.2, 0.25) is 5.95 Å². The van der Waals surface area contributed by atoms with Gasteiger partial charge in [0.1, 0.15) is 0 Å². The van der Waals surface area contributed by atoms with E-state index < -0.39 is 0 Å². The van der Waals surface area contributed by atoms with E-state index in [1.807, 2.05) is 36.4 Å². The van der Waals surface area contributed by atoms with Gasteiger partial charge in [0.05, 0.1) is 55.2 Å². The maximum atomic E-state index is 5.37. The summed E-state index contributed by atoms with van der Waals surface area (Å²) in [5.41, 5.74) is 22.1. The summed E-state index contributed by atoms with van der Waals surface area (Å²) in [7, 11) is 0. The van der Waals surface area contributed by atoms with Gasteiger partial charge in [-0.25, -0.2) is 4.98 Å². The number of aromatic nitrogens is 8. The largest absolute Gasteiger partial charge is 0.309 e. The predicted octanol–water partition coefficient (Wildman–Crippen LogP) is 22.0. The van der Waals surface area contributed by atoms with Gasteiger partial charge in [-0.2, -0.15) is 9.97 Å². The first-order chi connectivity index (χ1) is 47.1. The molecule has 0 N–H and O–H groups in total. The Bertz CT molecular complexity index is 6420. The van der Waals surface area contributed by atoms with E-state index in [1.54, 1.807) is 0 Å². The normalized spacial score (nSPS) is 12.0. The lowest BCUT2D eigenvalue weighted by Gasteiger charge is -2.11. The zero-order valence-corrected chi connectivity index (χ0v) is 51.3. The molecule has 0 aliphatic heterocycles. The number of rotatable bonds is 9. The van der Waals surface area contributed by atoms with Gasteiger partial charge in [-0.1, -0.05) is 194 Å². The first-order valence-electron chi connectivity index (χ1n) is 32.3. The highest BCUT2D eigenvalue weighted by atomic mass is 15.2. The van der Waals surface area contributed by atoms with Crippen molar-refractivity contribution < 1.29 is 0 Å². The third-order valence-electron chi connectivity index (χ3n) is 19.5. The van der Waals surface area contributed by atoms with E-state index in [0.717, 1.165) is 111 Å². The molecule has 6 aromatic heterocycles. The summed E-state index contributed by atoms with van der Waals surface area (Å²) in [6, 6.07) is 119. The Hall–Kier alpha value is -12.9. The van der Waals surface area contributed by atoms with Crippen molar-refractivity contribution in [2.75, 3.05) is 0 Å². The molecule has 14 aromatic carbocycles. The van der Waals surface area contributed by atoms with Crippen LogP contribution in [0.4, 0.5) is 0 Å². The van der Waals surface area contributed by atoms with Gasteiger partial charge in [0.25, 0.3) is 0 Å². The van der Waals surface area contributed by atoms with Crippen LogP contribution in [0.1, 0.15) is 0 Å². The fourth-order valence-corrected chi connectivity index (χ4v) is 15.2. The molecule has 0 bridgehead atoms. The zero-order chi connectivity index (χ0) is 62.2. The van der Waals surface area contributed by atoms with Crippen molar-refractivity contribution in [1.82, 2.24) is 37.8 Å². The summed E-state index contributed by atoms with van der Waals surface area (Å²) < 4.78 is 11.9. The number of benzene rings is 14. The minimum absolute atomic E-state index is 0.549. The monoisotopic (exact) mass is 1210 g/mol. The minimum Gasteiger partial charge on any atom is -0.309 e. The average molecular weight is 1210 g/mol. The van der Waals surface area contributed by atoms with Crippen LogP contribution in [-0.2, 0) is 0 Å². The van der Waals surface area contributed by atoms with Gasteiger partial charge < -0.3 is 18.3 Å². The molecule has 0 amide bonds. The summed E-state index contributed by atoms with van der Waals surface area (Å²) >= 11 is 0. The Morgan fingerprint density at radius 2 is 0.400 bits per heavy atom. The second-order valence-electron chi connectivity index (χ2n) is 24.8. The first-order valence-corrected chi connectivity index (χ1v) is 32.3. The van der Waals surface area contributed by atoms with Crippen LogP contribution in [0.2, 0.25) is 0 Å². The molecule has 0 spiro atoms. The van der Waals surface area contributed by atoms with Gasteiger partial charge in [-0.3, -0.25) is 4.57 Å². The summed E-state index contributed by atoms with van der Waals surface area (Å²) in [6.07, 6.45) is 0. The Labute approximate surface area is 545 Å². The van der Waals surface area contributed by atoms with Crippen LogP contribution < -0.4 is 0 Å². The highest BCUT2D eigenvalue weighted by Gasteiger charge is 2.25. The summed E-state index contributed by atoms with van der Waals surface area (Å²) in [5, 5.41) is 11.7. The summed E-state index contributed by atoms with van der Waals surface area (Å²) in [5.74, 6) is 1.76. The molecule has 0 aliphatic carbocycles. The lowest BCUT2D eigenvalue weighted by Crippen LogP contribution is -2.06. The maximum Gasteiger partial charge on any atom is 0.238 e. The van der Waals surface area contributed by atoms with E-state index in [4.69, 9.17) is 15.0 Å². The van der Waals surface area contributed by atoms with Crippen molar-refractivity contribution >= 4 is 109 Å². The fraction of sp³-hybridized carbons (Fsp3) is 0. The van der Waals surface area contributed by atoms with E-state index in [1.165, 1.54) is 54.3 Å². The van der Waals surface area contributed by atoms with Crippen molar-refractivity contribution in [1.29, 1.82) is 0 Å². The highest BCUT2D eigenvalue weighted by molar-refractivity contribution is 6.22. The van der Waals surface area contributed by atoms with E-state index >= 15 is 0 Å². The van der Waals surface area contributed by atoms with E-state index in [0.29, 0.717) is 17.6 Å². The number of hydrogen-bond acceptors (Lipinski definition) is 3. The molecule has 95 heavy (non-hydrogen) atoms. The molecule has 0 unspecified atom stereocenters. The summed E-state index contributed by atoms with van der Waals surface area (Å²) in [6.45, 7) is 0. The predicted molar refractivity (Wildman–Crippen MR) is 393 cm³/mol. The standard InChI is InChI=1S/C87H54N8/c1-7-23-55(24-8-1)85-88-86(56-25-9-2-10-26-56)90-87(89-85)95-80-46-42-60(50-70(80)74-54-82-72(52-84(74)95)66-36-20-22-38-76(66)93(82)63-31-15-5-16-32-63)58-40-44-78-68(48-58)67-47-57(39-43-77(67)91(78)61-27-11-3-12-28-61)59-41-45-79-69(49-59)73-53-81-71(51-83(73)94(79)64-33-17-6-18-34-64)65-35-19-21-37-75(65)92(81)62-29-13-4-14-30-62/h1-54H. The van der Waals surface area contributed by atoms with Gasteiger partial charge in [-0.15, -0.1) is 0 Å². The lowest BCUT2D eigenvalue weighted by atomic mass is 9.98. The number of fused-ring (bicyclic) bond motifs is 15. The highest BCUT2D eigenvalue weighted by Crippen LogP contribution is 2.45. The molecule has 0 aliphatic rings. The van der Waals surface area contributed by atoms with Crippen LogP contribution in [-0.4, -0.2) is 37.8 Å². The topological polar surface area (TPSA) is 63.3 Å². The van der Waals surface area contributed by atoms with Crippen molar-refractivity contribution in [3.05, 3.63) is 328 Å². The molecule has 0 fully saturated rings. The maximum absolute atomic E-state index is 5.37. The number of para-hydroxylation sites is 6. The van der Waals surface area contributed by atoms with Crippen LogP contribution in [0.15, 0.2) is 328 Å². The van der Waals surface area contributed by atoms with Crippen LogP contribution in [0.25, 0.3) is 183 Å². The van der Waals surface area contributed by atoms with E-state index in [2.05, 4.69) is 314 Å². The minimum atomic E-state index is 0.549. The quantitative estimate of drug-likeness (QED) is 0.145. The molecule has 20 rings (SSSR count). The van der Waals surface area contributed by atoms with Crippen molar-refractivity contribution in [3.8, 4) is 73.7 Å². The smallest absolute Gasteiger partial charge is 0.238 e. The Morgan fingerprint density at radius 1 is 0.158 bits per heavy atom. The molecule has 0 atom stereocenters. The Balaban J connectivity index is 0.800. The molecular weight excluding hydrogens is 1160 g/mol. The second kappa shape index (κ2) is 20.8. The number of hydrogen-bond donors (Lipinski definition) is 0. The van der Waals surface area contributed by atoms with Crippen molar-refractivity contribution in [2.45, 2.75) is 0 Å². The molecule has 8 heteroatoms. The summed E-state index contributed by atoms with van der Waals surface area (Å²) in [4.78, 5) is 15.9. The third kappa shape index (κ3) is 8.18. The van der Waals surface area contributed by atoms with Gasteiger partial charge in [0.15, 0.2) is 11.6 Å². The SMILES string of the molecule is c1ccc(-c2nc(-c3ccccc3)nc(-n3c4ccc(-c5ccc6c(c5)c5cc(-c7ccc8c(c7)c7cc9c(cc7n8-c7ccccc7)c7ccccc7n9-c7ccccc7)ccc5n6-c5ccccc5)cc4c4cc5c(cc43)c3ccccc3n5-c3ccccc3)n2)cc1. The Morgan fingerprint density at radius 3 is 0.737 bits per heavy atom. The Kier molecular flexibility index (Phi) is 11.6. The van der Waals surface area contributed by atoms with Crippen LogP contribution in [0, 0.1) is 0 Å². The van der Waals surface area contributed by atoms with Crippen LogP contribution >= 0.6 is 0 Å². The van der Waals surface area contributed by atoms with Gasteiger partial charge in [-0.05, 0) is 156 Å². The molecule has 0 radical (unpaired) electrons. The van der Waals surface area contributed by atoms with Gasteiger partial charge >= 0.3 is 0 Å². The van der Waals surface area contributed by atoms with Crippen LogP contribution in [0.5, 0.6) is 0 Å².